The third kappa shape index (κ3) is 6.79. The lowest BCUT2D eigenvalue weighted by Crippen LogP contribution is -2.45. The largest absolute Gasteiger partial charge is 0.444 e. The number of piperidine rings is 1. The molecule has 0 bridgehead atoms. The van der Waals surface area contributed by atoms with Gasteiger partial charge in [-0.25, -0.2) is 4.79 Å². The van der Waals surface area contributed by atoms with Crippen molar-refractivity contribution in [3.05, 3.63) is 33.8 Å². The number of carbonyl (C=O) groups excluding carboxylic acids is 1. The van der Waals surface area contributed by atoms with Crippen molar-refractivity contribution in [3.8, 4) is 0 Å². The number of hydrogen-bond acceptors (Lipinski definition) is 3. The molecule has 0 saturated carbocycles. The zero-order chi connectivity index (χ0) is 19.5. The van der Waals surface area contributed by atoms with Crippen molar-refractivity contribution < 1.29 is 22.7 Å². The Hall–Kier alpha value is -1.28. The Labute approximate surface area is 160 Å². The summed E-state index contributed by atoms with van der Waals surface area (Å²) in [5, 5.41) is 2.85. The van der Waals surface area contributed by atoms with E-state index in [4.69, 9.17) is 4.74 Å². The zero-order valence-electron chi connectivity index (χ0n) is 15.1. The number of benzene rings is 1. The van der Waals surface area contributed by atoms with Crippen LogP contribution >= 0.6 is 15.9 Å². The number of amides is 1. The number of ether oxygens (including phenoxy) is 1. The van der Waals surface area contributed by atoms with E-state index in [0.717, 1.165) is 18.9 Å². The lowest BCUT2D eigenvalue weighted by atomic mass is 10.0. The predicted octanol–water partition coefficient (Wildman–Crippen LogP) is 4.96. The molecule has 0 aromatic heterocycles. The van der Waals surface area contributed by atoms with E-state index >= 15 is 0 Å². The second-order valence-corrected chi connectivity index (χ2v) is 8.46. The number of nitrogens with one attached hydrogen (secondary N) is 1. The van der Waals surface area contributed by atoms with Crippen LogP contribution in [0.5, 0.6) is 0 Å². The lowest BCUT2D eigenvalue weighted by molar-refractivity contribution is -0.137. The van der Waals surface area contributed by atoms with Crippen LogP contribution in [0, 0.1) is 0 Å². The van der Waals surface area contributed by atoms with E-state index < -0.39 is 23.4 Å². The SMILES string of the molecule is CC(C)(C)OC(=O)NC1CCN(Cc2cc(Br)cc(C(F)(F)F)c2)CC1. The van der Waals surface area contributed by atoms with Crippen molar-refractivity contribution in [2.24, 2.45) is 0 Å². The minimum Gasteiger partial charge on any atom is -0.444 e. The summed E-state index contributed by atoms with van der Waals surface area (Å²) in [6.07, 6.45) is -3.32. The third-order valence-electron chi connectivity index (χ3n) is 4.00. The van der Waals surface area contributed by atoms with Gasteiger partial charge in [-0.3, -0.25) is 4.90 Å². The molecule has 1 amide bonds. The Morgan fingerprint density at radius 3 is 2.38 bits per heavy atom. The molecule has 1 aromatic carbocycles. The van der Waals surface area contributed by atoms with E-state index in [1.165, 1.54) is 6.07 Å². The average Bonchev–Trinajstić information content (AvgIpc) is 2.46. The van der Waals surface area contributed by atoms with Crippen LogP contribution < -0.4 is 5.32 Å². The van der Waals surface area contributed by atoms with Crippen LogP contribution in [0.2, 0.25) is 0 Å². The minimum atomic E-state index is -4.36. The van der Waals surface area contributed by atoms with Crippen LogP contribution in [0.4, 0.5) is 18.0 Å². The number of hydrogen-bond donors (Lipinski definition) is 1. The molecule has 26 heavy (non-hydrogen) atoms. The molecule has 8 heteroatoms. The molecule has 4 nitrogen and oxygen atoms in total. The summed E-state index contributed by atoms with van der Waals surface area (Å²) in [4.78, 5) is 13.9. The summed E-state index contributed by atoms with van der Waals surface area (Å²) in [5.41, 5.74) is -0.574. The van der Waals surface area contributed by atoms with Crippen molar-refractivity contribution in [3.63, 3.8) is 0 Å². The first kappa shape index (κ1) is 21.0. The van der Waals surface area contributed by atoms with Crippen molar-refractivity contribution in [1.82, 2.24) is 10.2 Å². The van der Waals surface area contributed by atoms with Gasteiger partial charge in [0.1, 0.15) is 5.60 Å². The van der Waals surface area contributed by atoms with Crippen LogP contribution in [0.25, 0.3) is 0 Å². The van der Waals surface area contributed by atoms with Gasteiger partial charge < -0.3 is 10.1 Å². The maximum atomic E-state index is 12.9. The summed E-state index contributed by atoms with van der Waals surface area (Å²) in [6, 6.07) is 4.01. The second kappa shape index (κ2) is 8.17. The van der Waals surface area contributed by atoms with Crippen LogP contribution in [-0.4, -0.2) is 35.7 Å². The number of halogens is 4. The number of nitrogens with zero attached hydrogens (tertiary/aromatic N) is 1. The van der Waals surface area contributed by atoms with E-state index in [1.54, 1.807) is 6.07 Å². The smallest absolute Gasteiger partial charge is 0.416 e. The average molecular weight is 437 g/mol. The Bertz CT molecular complexity index is 636. The van der Waals surface area contributed by atoms with Gasteiger partial charge in [-0.15, -0.1) is 0 Å². The molecule has 1 aliphatic rings. The van der Waals surface area contributed by atoms with Gasteiger partial charge in [-0.05, 0) is 57.4 Å². The Kier molecular flexibility index (Phi) is 6.60. The van der Waals surface area contributed by atoms with E-state index in [2.05, 4.69) is 26.1 Å². The summed E-state index contributed by atoms with van der Waals surface area (Å²) < 4.78 is 44.5. The maximum Gasteiger partial charge on any atom is 0.416 e. The van der Waals surface area contributed by atoms with Crippen LogP contribution in [0.1, 0.15) is 44.7 Å². The normalized spacial score (nSPS) is 17.2. The molecule has 0 spiro atoms. The highest BCUT2D eigenvalue weighted by Crippen LogP contribution is 2.32. The Morgan fingerprint density at radius 2 is 1.85 bits per heavy atom. The first-order valence-corrected chi connectivity index (χ1v) is 9.30. The molecule has 0 radical (unpaired) electrons. The van der Waals surface area contributed by atoms with Crippen LogP contribution in [0.3, 0.4) is 0 Å². The minimum absolute atomic E-state index is 0.0225. The highest BCUT2D eigenvalue weighted by molar-refractivity contribution is 9.10. The van der Waals surface area contributed by atoms with Crippen molar-refractivity contribution in [2.75, 3.05) is 13.1 Å². The predicted molar refractivity (Wildman–Crippen MR) is 96.8 cm³/mol. The molecule has 0 unspecified atom stereocenters. The first-order valence-electron chi connectivity index (χ1n) is 8.51. The number of rotatable bonds is 3. The van der Waals surface area contributed by atoms with Gasteiger partial charge in [-0.1, -0.05) is 15.9 Å². The Balaban J connectivity index is 1.87. The monoisotopic (exact) mass is 436 g/mol. The van der Waals surface area contributed by atoms with Gasteiger partial charge in [-0.2, -0.15) is 13.2 Å². The van der Waals surface area contributed by atoms with Gasteiger partial charge in [0.05, 0.1) is 5.56 Å². The summed E-state index contributed by atoms with van der Waals surface area (Å²) >= 11 is 3.15. The zero-order valence-corrected chi connectivity index (χ0v) is 16.7. The van der Waals surface area contributed by atoms with Gasteiger partial charge >= 0.3 is 12.3 Å². The van der Waals surface area contributed by atoms with Crippen LogP contribution in [-0.2, 0) is 17.5 Å². The van der Waals surface area contributed by atoms with Crippen LogP contribution in [0.15, 0.2) is 22.7 Å². The molecule has 1 fully saturated rings. The number of alkyl carbamates (subject to hydrolysis) is 1. The Morgan fingerprint density at radius 1 is 1.23 bits per heavy atom. The quantitative estimate of drug-likeness (QED) is 0.727. The topological polar surface area (TPSA) is 41.6 Å². The molecule has 2 rings (SSSR count). The molecular formula is C18H24BrF3N2O2. The molecular weight excluding hydrogens is 413 g/mol. The van der Waals surface area contributed by atoms with E-state index in [9.17, 15) is 18.0 Å². The summed E-state index contributed by atoms with van der Waals surface area (Å²) in [7, 11) is 0. The van der Waals surface area contributed by atoms with Gasteiger partial charge in [0, 0.05) is 30.1 Å². The highest BCUT2D eigenvalue weighted by atomic mass is 79.9. The third-order valence-corrected chi connectivity index (χ3v) is 4.46. The fourth-order valence-corrected chi connectivity index (χ4v) is 3.41. The number of alkyl halides is 3. The van der Waals surface area contributed by atoms with E-state index in [1.807, 2.05) is 20.8 Å². The highest BCUT2D eigenvalue weighted by Gasteiger charge is 2.31. The molecule has 1 N–H and O–H groups in total. The fraction of sp³-hybridized carbons (Fsp3) is 0.611. The first-order chi connectivity index (χ1) is 11.9. The standard InChI is InChI=1S/C18H24BrF3N2O2/c1-17(2,3)26-16(25)23-15-4-6-24(7-5-15)11-12-8-13(18(20,21)22)10-14(19)9-12/h8-10,15H,4-7,11H2,1-3H3,(H,23,25). The van der Waals surface area contributed by atoms with Gasteiger partial charge in [0.25, 0.3) is 0 Å². The van der Waals surface area contributed by atoms with E-state index in [0.29, 0.717) is 29.7 Å². The number of likely N-dealkylation sites (tertiary alicyclic amines) is 1. The summed E-state index contributed by atoms with van der Waals surface area (Å²) in [6.45, 7) is 7.28. The van der Waals surface area contributed by atoms with Crippen molar-refractivity contribution in [1.29, 1.82) is 0 Å². The number of carbonyl (C=O) groups is 1. The lowest BCUT2D eigenvalue weighted by Gasteiger charge is -2.33. The maximum absolute atomic E-state index is 12.9. The molecule has 1 aromatic rings. The van der Waals surface area contributed by atoms with Gasteiger partial charge in [0.15, 0.2) is 0 Å². The van der Waals surface area contributed by atoms with E-state index in [-0.39, 0.29) is 6.04 Å². The molecule has 1 saturated heterocycles. The van der Waals surface area contributed by atoms with Gasteiger partial charge in [0.2, 0.25) is 0 Å². The molecule has 1 heterocycles. The fourth-order valence-electron chi connectivity index (χ4n) is 2.87. The second-order valence-electron chi connectivity index (χ2n) is 7.54. The van der Waals surface area contributed by atoms with Crippen molar-refractivity contribution >= 4 is 22.0 Å². The molecule has 146 valence electrons. The molecule has 0 atom stereocenters. The summed E-state index contributed by atoms with van der Waals surface area (Å²) in [5.74, 6) is 0. The molecule has 1 aliphatic heterocycles. The molecule has 0 aliphatic carbocycles. The van der Waals surface area contributed by atoms with Crippen molar-refractivity contribution in [2.45, 2.75) is 58.0 Å².